The fourth-order valence-electron chi connectivity index (χ4n) is 11.0. The summed E-state index contributed by atoms with van der Waals surface area (Å²) in [5, 5.41) is 2.18. The standard InChI is InChI=1S/C67H37F12N5/c68-64(69,70)45-29-43(30-46(36-45)65(71,72)73)40-23-26-56-52(33-40)53-34-41(44-31-47(66(74,75)76)37-48(32-44)67(77,78)79)24-27-57(53)84(56)58-28-25-42(50-20-12-22-59-60(50)51-19-10-11-21-55(51)83(59)49-17-8-3-9-18-49)35-54(58)63-81-61(38-13-4-1-5-14-38)80-62(82-63)39-15-6-2-7-16-39/h1-37H. The van der Waals surface area contributed by atoms with E-state index in [0.29, 0.717) is 63.9 Å². The van der Waals surface area contributed by atoms with E-state index in [2.05, 4.69) is 4.57 Å². The molecule has 3 heterocycles. The summed E-state index contributed by atoms with van der Waals surface area (Å²) in [7, 11) is 0. The zero-order valence-electron chi connectivity index (χ0n) is 43.1. The number of hydrogen-bond donors (Lipinski definition) is 0. The maximum atomic E-state index is 14.4. The van der Waals surface area contributed by atoms with Gasteiger partial charge in [-0.2, -0.15) is 52.7 Å². The summed E-state index contributed by atoms with van der Waals surface area (Å²) >= 11 is 0. The molecule has 0 N–H and O–H groups in total. The van der Waals surface area contributed by atoms with Gasteiger partial charge in [-0.05, 0) is 130 Å². The molecule has 0 saturated heterocycles. The average molecular weight is 1140 g/mol. The van der Waals surface area contributed by atoms with Gasteiger partial charge in [-0.1, -0.05) is 127 Å². The number of nitrogens with zero attached hydrogens (tertiary/aromatic N) is 5. The maximum absolute atomic E-state index is 14.4. The normalized spacial score (nSPS) is 12.5. The number of halogens is 12. The average Bonchev–Trinajstić information content (AvgIpc) is 1.81. The molecule has 13 rings (SSSR count). The van der Waals surface area contributed by atoms with Gasteiger partial charge in [0.15, 0.2) is 17.5 Å². The number of para-hydroxylation sites is 2. The number of rotatable bonds is 8. The summed E-state index contributed by atoms with van der Waals surface area (Å²) in [5.74, 6) is 0.743. The molecule has 13 aromatic rings. The fraction of sp³-hybridized carbons (Fsp3) is 0.0597. The zero-order valence-corrected chi connectivity index (χ0v) is 43.1. The highest BCUT2D eigenvalue weighted by atomic mass is 19.4. The fourth-order valence-corrected chi connectivity index (χ4v) is 11.0. The van der Waals surface area contributed by atoms with E-state index < -0.39 is 58.1 Å². The molecule has 0 radical (unpaired) electrons. The van der Waals surface area contributed by atoms with Crippen molar-refractivity contribution in [3.8, 4) is 78.9 Å². The highest BCUT2D eigenvalue weighted by Gasteiger charge is 2.39. The summed E-state index contributed by atoms with van der Waals surface area (Å²) in [6.07, 6.45) is -20.8. The van der Waals surface area contributed by atoms with E-state index in [-0.39, 0.29) is 50.9 Å². The summed E-state index contributed by atoms with van der Waals surface area (Å²) in [6.45, 7) is 0. The van der Waals surface area contributed by atoms with Gasteiger partial charge in [-0.25, -0.2) is 15.0 Å². The topological polar surface area (TPSA) is 48.5 Å². The monoisotopic (exact) mass is 1140 g/mol. The number of aromatic nitrogens is 5. The van der Waals surface area contributed by atoms with Crippen LogP contribution in [-0.4, -0.2) is 24.1 Å². The summed E-state index contributed by atoms with van der Waals surface area (Å²) in [4.78, 5) is 15.2. The highest BCUT2D eigenvalue weighted by molar-refractivity contribution is 6.16. The van der Waals surface area contributed by atoms with Gasteiger partial charge in [0.05, 0.1) is 50.0 Å². The second-order valence-corrected chi connectivity index (χ2v) is 20.0. The Hall–Kier alpha value is -10.0. The molecule has 0 aliphatic carbocycles. The Morgan fingerprint density at radius 2 is 0.679 bits per heavy atom. The first kappa shape index (κ1) is 53.3. The van der Waals surface area contributed by atoms with Crippen molar-refractivity contribution in [3.63, 3.8) is 0 Å². The molecular formula is C67H37F12N5. The van der Waals surface area contributed by atoms with E-state index in [1.165, 1.54) is 36.4 Å². The lowest BCUT2D eigenvalue weighted by Crippen LogP contribution is -2.11. The predicted octanol–water partition coefficient (Wildman–Crippen LogP) is 20.1. The van der Waals surface area contributed by atoms with Gasteiger partial charge < -0.3 is 9.13 Å². The molecule has 0 fully saturated rings. The SMILES string of the molecule is FC(F)(F)c1cc(-c2ccc3c(c2)c2cc(-c4cc(C(F)(F)F)cc(C(F)(F)F)c4)ccc2n3-c2ccc(-c3cccc4c3c3ccccc3n4-c3ccccc3)cc2-c2nc(-c3ccccc3)nc(-c3ccccc3)n2)cc(C(F)(F)F)c1. The second kappa shape index (κ2) is 19.9. The quantitative estimate of drug-likeness (QED) is 0.142. The van der Waals surface area contributed by atoms with Crippen molar-refractivity contribution in [3.05, 3.63) is 247 Å². The van der Waals surface area contributed by atoms with Crippen LogP contribution in [0.15, 0.2) is 224 Å². The van der Waals surface area contributed by atoms with E-state index in [9.17, 15) is 52.7 Å². The van der Waals surface area contributed by atoms with Crippen molar-refractivity contribution >= 4 is 43.6 Å². The van der Waals surface area contributed by atoms with E-state index in [0.717, 1.165) is 33.1 Å². The molecule has 84 heavy (non-hydrogen) atoms. The lowest BCUT2D eigenvalue weighted by atomic mass is 9.96. The van der Waals surface area contributed by atoms with Gasteiger partial charge in [0.2, 0.25) is 0 Å². The summed E-state index contributed by atoms with van der Waals surface area (Å²) in [5.41, 5.74) is -0.600. The minimum absolute atomic E-state index is 0.00495. The van der Waals surface area contributed by atoms with Crippen LogP contribution in [-0.2, 0) is 24.7 Å². The van der Waals surface area contributed by atoms with Crippen molar-refractivity contribution in [2.45, 2.75) is 24.7 Å². The van der Waals surface area contributed by atoms with Gasteiger partial charge in [0, 0.05) is 43.9 Å². The van der Waals surface area contributed by atoms with Crippen molar-refractivity contribution in [1.82, 2.24) is 24.1 Å². The maximum Gasteiger partial charge on any atom is 0.416 e. The molecule has 10 aromatic carbocycles. The van der Waals surface area contributed by atoms with Gasteiger partial charge in [-0.15, -0.1) is 0 Å². The first-order valence-corrected chi connectivity index (χ1v) is 25.9. The number of benzene rings is 10. The minimum atomic E-state index is -5.20. The smallest absolute Gasteiger partial charge is 0.309 e. The molecule has 17 heteroatoms. The van der Waals surface area contributed by atoms with Crippen molar-refractivity contribution in [2.75, 3.05) is 0 Å². The second-order valence-electron chi connectivity index (χ2n) is 20.0. The van der Waals surface area contributed by atoms with Gasteiger partial charge in [-0.3, -0.25) is 0 Å². The molecule has 5 nitrogen and oxygen atoms in total. The van der Waals surface area contributed by atoms with Crippen LogP contribution in [0.1, 0.15) is 22.3 Å². The lowest BCUT2D eigenvalue weighted by Gasteiger charge is -2.17. The lowest BCUT2D eigenvalue weighted by molar-refractivity contribution is -0.144. The number of fused-ring (bicyclic) bond motifs is 6. The van der Waals surface area contributed by atoms with Crippen LogP contribution in [0.5, 0.6) is 0 Å². The van der Waals surface area contributed by atoms with Crippen molar-refractivity contribution in [2.24, 2.45) is 0 Å². The first-order chi connectivity index (χ1) is 40.2. The summed E-state index contributed by atoms with van der Waals surface area (Å²) in [6, 6.07) is 58.4. The molecule has 3 aromatic heterocycles. The van der Waals surface area contributed by atoms with Crippen LogP contribution in [0.25, 0.3) is 123 Å². The molecule has 0 saturated carbocycles. The van der Waals surface area contributed by atoms with Crippen LogP contribution in [0.2, 0.25) is 0 Å². The molecule has 0 spiro atoms. The number of alkyl halides is 12. The van der Waals surface area contributed by atoms with Gasteiger partial charge in [0.25, 0.3) is 0 Å². The zero-order chi connectivity index (χ0) is 58.5. The van der Waals surface area contributed by atoms with Crippen LogP contribution in [0.4, 0.5) is 52.7 Å². The molecular weight excluding hydrogens is 1100 g/mol. The summed E-state index contributed by atoms with van der Waals surface area (Å²) < 4.78 is 176. The molecule has 414 valence electrons. The third-order valence-electron chi connectivity index (χ3n) is 14.8. The van der Waals surface area contributed by atoms with E-state index in [1.54, 1.807) is 10.6 Å². The predicted molar refractivity (Wildman–Crippen MR) is 301 cm³/mol. The minimum Gasteiger partial charge on any atom is -0.309 e. The third kappa shape index (κ3) is 9.63. The Bertz CT molecular complexity index is 4460. The third-order valence-corrected chi connectivity index (χ3v) is 14.8. The van der Waals surface area contributed by atoms with Crippen molar-refractivity contribution in [1.29, 1.82) is 0 Å². The molecule has 0 atom stereocenters. The first-order valence-electron chi connectivity index (χ1n) is 25.9. The molecule has 0 aliphatic heterocycles. The Morgan fingerprint density at radius 3 is 1.17 bits per heavy atom. The molecule has 0 amide bonds. The highest BCUT2D eigenvalue weighted by Crippen LogP contribution is 2.46. The van der Waals surface area contributed by atoms with Gasteiger partial charge in [0.1, 0.15) is 0 Å². The molecule has 0 aliphatic rings. The van der Waals surface area contributed by atoms with Crippen LogP contribution in [0.3, 0.4) is 0 Å². The Labute approximate surface area is 469 Å². The Balaban J connectivity index is 1.12. The van der Waals surface area contributed by atoms with Gasteiger partial charge >= 0.3 is 24.7 Å². The van der Waals surface area contributed by atoms with Crippen LogP contribution < -0.4 is 0 Å². The van der Waals surface area contributed by atoms with E-state index in [4.69, 9.17) is 15.0 Å². The number of hydrogen-bond acceptors (Lipinski definition) is 3. The van der Waals surface area contributed by atoms with Crippen LogP contribution >= 0.6 is 0 Å². The largest absolute Gasteiger partial charge is 0.416 e. The molecule has 0 bridgehead atoms. The molecule has 0 unspecified atom stereocenters. The van der Waals surface area contributed by atoms with E-state index in [1.807, 2.05) is 146 Å². The van der Waals surface area contributed by atoms with E-state index >= 15 is 0 Å². The Morgan fingerprint density at radius 1 is 0.262 bits per heavy atom. The Kier molecular flexibility index (Phi) is 12.6. The van der Waals surface area contributed by atoms with Crippen LogP contribution in [0, 0.1) is 0 Å². The van der Waals surface area contributed by atoms with Crippen molar-refractivity contribution < 1.29 is 52.7 Å².